The number of piperidine rings is 1. The smallest absolute Gasteiger partial charge is 0.253 e. The fraction of sp³-hybridized carbons (Fsp3) is 0.379. The third-order valence-corrected chi connectivity index (χ3v) is 7.74. The number of anilines is 1. The number of piperazine rings is 1. The molecule has 2 saturated heterocycles. The number of carbonyl (C=O) groups excluding carboxylic acids is 1. The molecule has 1 aromatic heterocycles. The van der Waals surface area contributed by atoms with Gasteiger partial charge in [-0.25, -0.2) is 13.8 Å². The van der Waals surface area contributed by atoms with Crippen molar-refractivity contribution in [3.8, 4) is 0 Å². The van der Waals surface area contributed by atoms with Crippen molar-refractivity contribution in [2.45, 2.75) is 32.0 Å². The first-order valence-electron chi connectivity index (χ1n) is 13.1. The van der Waals surface area contributed by atoms with Crippen LogP contribution in [0.3, 0.4) is 0 Å². The van der Waals surface area contributed by atoms with Crippen LogP contribution in [-0.2, 0) is 13.1 Å². The Labute approximate surface area is 228 Å². The molecule has 1 N–H and O–H groups in total. The summed E-state index contributed by atoms with van der Waals surface area (Å²) in [6, 6.07) is 16.1. The summed E-state index contributed by atoms with van der Waals surface area (Å²) in [6.45, 7) is 6.45. The van der Waals surface area contributed by atoms with Crippen LogP contribution in [0.25, 0.3) is 0 Å². The van der Waals surface area contributed by atoms with Crippen LogP contribution in [0.1, 0.15) is 35.8 Å². The van der Waals surface area contributed by atoms with Crippen molar-refractivity contribution < 1.29 is 15.0 Å². The Hall–Kier alpha value is -3.07. The minimum atomic E-state index is -0.802. The fourth-order valence-corrected chi connectivity index (χ4v) is 5.59. The molecule has 202 valence electrons. The number of benzene rings is 2. The maximum absolute atomic E-state index is 13.5. The Morgan fingerprint density at radius 3 is 2.37 bits per heavy atom. The van der Waals surface area contributed by atoms with E-state index in [1.807, 2.05) is 30.3 Å². The van der Waals surface area contributed by atoms with Gasteiger partial charge in [0.05, 0.1) is 10.6 Å². The lowest BCUT2D eigenvalue weighted by Crippen LogP contribution is -2.53. The second-order valence-electron chi connectivity index (χ2n) is 9.98. The molecule has 5 rings (SSSR count). The first-order valence-corrected chi connectivity index (χ1v) is 13.5. The van der Waals surface area contributed by atoms with Crippen molar-refractivity contribution in [2.75, 3.05) is 44.2 Å². The quantitative estimate of drug-likeness (QED) is 0.457. The van der Waals surface area contributed by atoms with Crippen LogP contribution in [0, 0.1) is 11.6 Å². The minimum absolute atomic E-state index is 0. The molecule has 1 amide bonds. The second-order valence-corrected chi connectivity index (χ2v) is 10.4. The molecule has 0 radical (unpaired) electrons. The molecule has 3 heterocycles. The first-order chi connectivity index (χ1) is 18.5. The van der Waals surface area contributed by atoms with Crippen molar-refractivity contribution in [1.29, 1.82) is 0 Å². The number of pyridine rings is 1. The van der Waals surface area contributed by atoms with Crippen LogP contribution in [-0.4, -0.2) is 66.0 Å². The summed E-state index contributed by atoms with van der Waals surface area (Å²) in [4.78, 5) is 24.1. The topological polar surface area (TPSA) is 51.7 Å². The van der Waals surface area contributed by atoms with Gasteiger partial charge >= 0.3 is 0 Å². The average molecular weight is 542 g/mol. The summed E-state index contributed by atoms with van der Waals surface area (Å²) in [7, 11) is 0. The molecule has 2 aliphatic rings. The normalized spacial score (nSPS) is 17.5. The molecule has 3 aromatic rings. The predicted molar refractivity (Wildman–Crippen MR) is 147 cm³/mol. The Kier molecular flexibility index (Phi) is 8.51. The van der Waals surface area contributed by atoms with Gasteiger partial charge in [-0.3, -0.25) is 14.6 Å². The Morgan fingerprint density at radius 1 is 0.947 bits per heavy atom. The first kappa shape index (κ1) is 26.5. The molecule has 6 nitrogen and oxygen atoms in total. The summed E-state index contributed by atoms with van der Waals surface area (Å²) < 4.78 is 26.7. The number of hydrogen-bond donors (Lipinski definition) is 1. The highest BCUT2D eigenvalue weighted by molar-refractivity contribution is 6.33. The minimum Gasteiger partial charge on any atom is -0.353 e. The molecule has 2 aromatic carbocycles. The molecular formula is C29H34ClF2N5O. The van der Waals surface area contributed by atoms with E-state index in [2.05, 4.69) is 25.0 Å². The summed E-state index contributed by atoms with van der Waals surface area (Å²) in [5.74, 6) is -1.07. The van der Waals surface area contributed by atoms with Crippen LogP contribution >= 0.6 is 11.6 Å². The summed E-state index contributed by atoms with van der Waals surface area (Å²) in [5.41, 5.74) is 2.28. The van der Waals surface area contributed by atoms with Crippen molar-refractivity contribution in [1.82, 2.24) is 20.1 Å². The lowest BCUT2D eigenvalue weighted by Gasteiger charge is -2.43. The number of rotatable bonds is 7. The van der Waals surface area contributed by atoms with Crippen molar-refractivity contribution in [3.05, 3.63) is 94.1 Å². The lowest BCUT2D eigenvalue weighted by molar-refractivity contribution is 0.0950. The Morgan fingerprint density at radius 2 is 1.68 bits per heavy atom. The van der Waals surface area contributed by atoms with Crippen LogP contribution in [0.4, 0.5) is 14.6 Å². The van der Waals surface area contributed by atoms with Gasteiger partial charge in [0.15, 0.2) is 11.6 Å². The van der Waals surface area contributed by atoms with Crippen LogP contribution in [0.5, 0.6) is 0 Å². The van der Waals surface area contributed by atoms with E-state index in [0.717, 1.165) is 63.2 Å². The monoisotopic (exact) mass is 541 g/mol. The zero-order chi connectivity index (χ0) is 26.5. The average Bonchev–Trinajstić information content (AvgIpc) is 2.95. The number of nitrogens with one attached hydrogen (secondary N) is 1. The summed E-state index contributed by atoms with van der Waals surface area (Å²) in [5, 5.41) is 3.39. The third-order valence-electron chi connectivity index (χ3n) is 7.46. The highest BCUT2D eigenvalue weighted by Gasteiger charge is 2.28. The van der Waals surface area contributed by atoms with Gasteiger partial charge in [-0.2, -0.15) is 0 Å². The maximum Gasteiger partial charge on any atom is 0.253 e. The van der Waals surface area contributed by atoms with E-state index < -0.39 is 11.6 Å². The van der Waals surface area contributed by atoms with Crippen LogP contribution in [0.2, 0.25) is 5.02 Å². The number of hydrogen-bond acceptors (Lipinski definition) is 5. The molecular weight excluding hydrogens is 508 g/mol. The van der Waals surface area contributed by atoms with E-state index in [1.165, 1.54) is 12.1 Å². The SMILES string of the molecule is O=C(NCc1ccccc1)c1cnc(N2CCN(C3CCN(Cc4ccc(F)c(F)c4)CC3)CC2)c(Cl)c1.[HH]. The number of halogens is 3. The zero-order valence-corrected chi connectivity index (χ0v) is 22.0. The van der Waals surface area contributed by atoms with Gasteiger partial charge in [0.2, 0.25) is 0 Å². The standard InChI is InChI=1S/C29H32ClF2N5O.H2/c30-25-17-23(29(38)34-18-21-4-2-1-3-5-21)19-33-28(25)37-14-12-36(13-15-37)24-8-10-35(11-9-24)20-22-6-7-26(31)27(32)16-22;/h1-7,16-17,19,24H,8-15,18,20H2,(H,34,38);1H. The summed E-state index contributed by atoms with van der Waals surface area (Å²) in [6.07, 6.45) is 3.70. The second kappa shape index (κ2) is 12.2. The van der Waals surface area contributed by atoms with E-state index >= 15 is 0 Å². The van der Waals surface area contributed by atoms with E-state index in [1.54, 1.807) is 18.3 Å². The van der Waals surface area contributed by atoms with Gasteiger partial charge in [0, 0.05) is 52.9 Å². The van der Waals surface area contributed by atoms with Gasteiger partial charge < -0.3 is 10.2 Å². The van der Waals surface area contributed by atoms with E-state index in [9.17, 15) is 13.6 Å². The molecule has 38 heavy (non-hydrogen) atoms. The van der Waals surface area contributed by atoms with Gasteiger partial charge in [0.1, 0.15) is 5.82 Å². The number of aromatic nitrogens is 1. The Balaban J connectivity index is 0.00000353. The van der Waals surface area contributed by atoms with Crippen molar-refractivity contribution >= 4 is 23.3 Å². The van der Waals surface area contributed by atoms with Gasteiger partial charge in [-0.1, -0.05) is 48.0 Å². The highest BCUT2D eigenvalue weighted by Crippen LogP contribution is 2.27. The number of amides is 1. The predicted octanol–water partition coefficient (Wildman–Crippen LogP) is 4.98. The maximum atomic E-state index is 13.5. The van der Waals surface area contributed by atoms with Crippen LogP contribution < -0.4 is 10.2 Å². The lowest BCUT2D eigenvalue weighted by atomic mass is 10.0. The molecule has 0 bridgehead atoms. The molecule has 0 atom stereocenters. The number of nitrogens with zero attached hydrogens (tertiary/aromatic N) is 4. The highest BCUT2D eigenvalue weighted by atomic mass is 35.5. The van der Waals surface area contributed by atoms with Crippen molar-refractivity contribution in [2.24, 2.45) is 0 Å². The largest absolute Gasteiger partial charge is 0.353 e. The van der Waals surface area contributed by atoms with Crippen molar-refractivity contribution in [3.63, 3.8) is 0 Å². The molecule has 0 unspecified atom stereocenters. The van der Waals surface area contributed by atoms with Crippen LogP contribution in [0.15, 0.2) is 60.8 Å². The van der Waals surface area contributed by atoms with E-state index in [4.69, 9.17) is 11.6 Å². The Bertz CT molecular complexity index is 1250. The van der Waals surface area contributed by atoms with Gasteiger partial charge in [-0.05, 0) is 55.3 Å². The molecule has 2 fully saturated rings. The van der Waals surface area contributed by atoms with Gasteiger partial charge in [-0.15, -0.1) is 0 Å². The zero-order valence-electron chi connectivity index (χ0n) is 21.3. The molecule has 0 spiro atoms. The molecule has 2 aliphatic heterocycles. The van der Waals surface area contributed by atoms with E-state index in [0.29, 0.717) is 35.5 Å². The number of carbonyl (C=O) groups is 1. The fourth-order valence-electron chi connectivity index (χ4n) is 5.31. The molecule has 9 heteroatoms. The van der Waals surface area contributed by atoms with Gasteiger partial charge in [0.25, 0.3) is 5.91 Å². The third kappa shape index (κ3) is 6.49. The summed E-state index contributed by atoms with van der Waals surface area (Å²) >= 11 is 6.56. The molecule has 0 aliphatic carbocycles. The van der Waals surface area contributed by atoms with E-state index in [-0.39, 0.29) is 7.33 Å². The number of likely N-dealkylation sites (tertiary alicyclic amines) is 1. The molecule has 0 saturated carbocycles.